The van der Waals surface area contributed by atoms with Gasteiger partial charge in [0.15, 0.2) is 0 Å². The number of hydrogen-bond donors (Lipinski definition) is 2. The van der Waals surface area contributed by atoms with E-state index in [1.807, 2.05) is 0 Å². The molecule has 3 rings (SSSR count). The lowest BCUT2D eigenvalue weighted by molar-refractivity contribution is -0.196. The zero-order valence-electron chi connectivity index (χ0n) is 13.6. The zero-order valence-corrected chi connectivity index (χ0v) is 13.6. The maximum Gasteiger partial charge on any atom is 0.392 e. The Morgan fingerprint density at radius 1 is 1.13 bits per heavy atom. The first-order valence-electron chi connectivity index (χ1n) is 8.99. The van der Waals surface area contributed by atoms with Gasteiger partial charge in [-0.25, -0.2) is 0 Å². The summed E-state index contributed by atoms with van der Waals surface area (Å²) in [5.41, 5.74) is -0.374. The van der Waals surface area contributed by atoms with E-state index in [-0.39, 0.29) is 24.3 Å². The van der Waals surface area contributed by atoms with E-state index in [9.17, 15) is 18.0 Å². The number of alkyl halides is 3. The summed E-state index contributed by atoms with van der Waals surface area (Å²) in [6, 6.07) is 0. The van der Waals surface area contributed by atoms with Gasteiger partial charge in [-0.15, -0.1) is 0 Å². The highest BCUT2D eigenvalue weighted by Gasteiger charge is 2.50. The van der Waals surface area contributed by atoms with E-state index in [2.05, 4.69) is 10.6 Å². The Morgan fingerprint density at radius 2 is 1.87 bits per heavy atom. The van der Waals surface area contributed by atoms with Gasteiger partial charge < -0.3 is 10.6 Å². The minimum absolute atomic E-state index is 0.0151. The lowest BCUT2D eigenvalue weighted by Crippen LogP contribution is -2.50. The molecule has 23 heavy (non-hydrogen) atoms. The van der Waals surface area contributed by atoms with Gasteiger partial charge in [-0.2, -0.15) is 13.2 Å². The van der Waals surface area contributed by atoms with Crippen LogP contribution in [0.25, 0.3) is 0 Å². The highest BCUT2D eigenvalue weighted by Crippen LogP contribution is 2.44. The van der Waals surface area contributed by atoms with Crippen molar-refractivity contribution in [1.82, 2.24) is 10.6 Å². The summed E-state index contributed by atoms with van der Waals surface area (Å²) in [6.45, 7) is 1.72. The van der Waals surface area contributed by atoms with E-state index in [1.54, 1.807) is 0 Å². The molecule has 2 N–H and O–H groups in total. The number of carbonyl (C=O) groups excluding carboxylic acids is 1. The molecule has 0 radical (unpaired) electrons. The zero-order chi connectivity index (χ0) is 16.5. The molecule has 2 aliphatic carbocycles. The van der Waals surface area contributed by atoms with E-state index in [1.165, 1.54) is 0 Å². The van der Waals surface area contributed by atoms with Crippen molar-refractivity contribution in [2.75, 3.05) is 19.6 Å². The Morgan fingerprint density at radius 3 is 2.65 bits per heavy atom. The van der Waals surface area contributed by atoms with Crippen LogP contribution in [-0.4, -0.2) is 31.7 Å². The Labute approximate surface area is 135 Å². The molecule has 0 bridgehead atoms. The highest BCUT2D eigenvalue weighted by molar-refractivity contribution is 5.83. The van der Waals surface area contributed by atoms with Gasteiger partial charge in [-0.05, 0) is 44.1 Å². The fourth-order valence-corrected chi connectivity index (χ4v) is 4.97. The van der Waals surface area contributed by atoms with E-state index >= 15 is 0 Å². The van der Waals surface area contributed by atoms with Gasteiger partial charge in [-0.1, -0.05) is 25.7 Å². The number of hydrogen-bond acceptors (Lipinski definition) is 2. The van der Waals surface area contributed by atoms with Crippen LogP contribution in [0.4, 0.5) is 13.2 Å². The van der Waals surface area contributed by atoms with E-state index in [0.29, 0.717) is 25.3 Å². The summed E-state index contributed by atoms with van der Waals surface area (Å²) in [4.78, 5) is 12.8. The molecule has 3 nitrogen and oxygen atoms in total. The maximum absolute atomic E-state index is 13.2. The molecule has 0 spiro atoms. The van der Waals surface area contributed by atoms with Crippen molar-refractivity contribution < 1.29 is 18.0 Å². The van der Waals surface area contributed by atoms with Gasteiger partial charge in [0, 0.05) is 13.1 Å². The molecule has 1 amide bonds. The standard InChI is InChI=1S/C17H27F3N2O/c18-17(19,20)14-7-2-1-5-12(14)9-22-15(23)16-8-4-3-6-13(16)10-21-11-16/h12-14,21H,1-11H2,(H,22,23)/t12?,13-,14?,16+/m0/s1. The summed E-state index contributed by atoms with van der Waals surface area (Å²) in [6.07, 6.45) is 2.22. The molecule has 3 fully saturated rings. The van der Waals surface area contributed by atoms with Gasteiger partial charge in [0.05, 0.1) is 11.3 Å². The average molecular weight is 332 g/mol. The molecule has 6 heteroatoms. The third-order valence-corrected chi connectivity index (χ3v) is 6.34. The molecular weight excluding hydrogens is 305 g/mol. The third-order valence-electron chi connectivity index (χ3n) is 6.34. The number of nitrogens with one attached hydrogen (secondary N) is 2. The van der Waals surface area contributed by atoms with Gasteiger partial charge >= 0.3 is 6.18 Å². The van der Waals surface area contributed by atoms with Crippen LogP contribution in [0.15, 0.2) is 0 Å². The highest BCUT2D eigenvalue weighted by atomic mass is 19.4. The normalized spacial score (nSPS) is 38.1. The Hall–Kier alpha value is -0.780. The third kappa shape index (κ3) is 3.37. The van der Waals surface area contributed by atoms with Gasteiger partial charge in [0.2, 0.25) is 5.91 Å². The molecule has 1 saturated heterocycles. The van der Waals surface area contributed by atoms with Crippen LogP contribution in [0.1, 0.15) is 51.4 Å². The number of halogens is 3. The van der Waals surface area contributed by atoms with E-state index in [0.717, 1.165) is 38.6 Å². The van der Waals surface area contributed by atoms with Crippen LogP contribution in [0, 0.1) is 23.2 Å². The van der Waals surface area contributed by atoms with E-state index in [4.69, 9.17) is 0 Å². The molecule has 0 aromatic rings. The minimum Gasteiger partial charge on any atom is -0.355 e. The van der Waals surface area contributed by atoms with Gasteiger partial charge in [0.1, 0.15) is 0 Å². The summed E-state index contributed by atoms with van der Waals surface area (Å²) in [5.74, 6) is -1.38. The van der Waals surface area contributed by atoms with Crippen molar-refractivity contribution in [1.29, 1.82) is 0 Å². The molecule has 132 valence electrons. The number of rotatable bonds is 3. The van der Waals surface area contributed by atoms with Crippen molar-refractivity contribution in [2.45, 2.75) is 57.5 Å². The summed E-state index contributed by atoms with van der Waals surface area (Å²) in [7, 11) is 0. The SMILES string of the molecule is O=C(NCC1CCCCC1C(F)(F)F)[C@@]12CCCC[C@H]1CNC2. The summed E-state index contributed by atoms with van der Waals surface area (Å²) < 4.78 is 39.5. The Balaban J connectivity index is 1.61. The Bertz CT molecular complexity index is 440. The smallest absolute Gasteiger partial charge is 0.355 e. The molecule has 2 saturated carbocycles. The second kappa shape index (κ2) is 6.61. The van der Waals surface area contributed by atoms with Crippen LogP contribution >= 0.6 is 0 Å². The summed E-state index contributed by atoms with van der Waals surface area (Å²) in [5, 5.41) is 6.22. The quantitative estimate of drug-likeness (QED) is 0.833. The van der Waals surface area contributed by atoms with Crippen molar-refractivity contribution in [3.63, 3.8) is 0 Å². The monoisotopic (exact) mass is 332 g/mol. The molecule has 3 aliphatic rings. The molecule has 1 aliphatic heterocycles. The van der Waals surface area contributed by atoms with Crippen molar-refractivity contribution in [3.8, 4) is 0 Å². The minimum atomic E-state index is -4.14. The van der Waals surface area contributed by atoms with E-state index < -0.39 is 18.0 Å². The van der Waals surface area contributed by atoms with Crippen molar-refractivity contribution in [2.24, 2.45) is 23.2 Å². The fraction of sp³-hybridized carbons (Fsp3) is 0.941. The molecule has 2 unspecified atom stereocenters. The first-order chi connectivity index (χ1) is 10.9. The second-order valence-corrected chi connectivity index (χ2v) is 7.63. The molecule has 4 atom stereocenters. The van der Waals surface area contributed by atoms with Crippen LogP contribution in [0.5, 0.6) is 0 Å². The van der Waals surface area contributed by atoms with Crippen LogP contribution < -0.4 is 10.6 Å². The van der Waals surface area contributed by atoms with Crippen LogP contribution in [-0.2, 0) is 4.79 Å². The number of carbonyl (C=O) groups is 1. The van der Waals surface area contributed by atoms with Crippen molar-refractivity contribution >= 4 is 5.91 Å². The first-order valence-corrected chi connectivity index (χ1v) is 8.99. The van der Waals surface area contributed by atoms with Gasteiger partial charge in [-0.3, -0.25) is 4.79 Å². The van der Waals surface area contributed by atoms with Crippen LogP contribution in [0.2, 0.25) is 0 Å². The average Bonchev–Trinajstić information content (AvgIpc) is 2.97. The first kappa shape index (κ1) is 17.1. The largest absolute Gasteiger partial charge is 0.392 e. The topological polar surface area (TPSA) is 41.1 Å². The maximum atomic E-state index is 13.2. The predicted octanol–water partition coefficient (Wildman–Crippen LogP) is 3.25. The number of amides is 1. The van der Waals surface area contributed by atoms with Crippen molar-refractivity contribution in [3.05, 3.63) is 0 Å². The van der Waals surface area contributed by atoms with Crippen LogP contribution in [0.3, 0.4) is 0 Å². The summed E-state index contributed by atoms with van der Waals surface area (Å²) >= 11 is 0. The molecule has 1 heterocycles. The lowest BCUT2D eigenvalue weighted by Gasteiger charge is -2.38. The molecular formula is C17H27F3N2O. The fourth-order valence-electron chi connectivity index (χ4n) is 4.97. The van der Waals surface area contributed by atoms with Gasteiger partial charge in [0.25, 0.3) is 0 Å². The Kier molecular flexibility index (Phi) is 4.90. The lowest BCUT2D eigenvalue weighted by atomic mass is 9.67. The second-order valence-electron chi connectivity index (χ2n) is 7.63. The predicted molar refractivity (Wildman–Crippen MR) is 81.8 cm³/mol. The molecule has 0 aromatic carbocycles. The number of fused-ring (bicyclic) bond motifs is 1. The molecule has 0 aromatic heterocycles.